The van der Waals surface area contributed by atoms with Gasteiger partial charge in [0.05, 0.1) is 15.7 Å². The summed E-state index contributed by atoms with van der Waals surface area (Å²) in [6.07, 6.45) is 5.89. The largest absolute Gasteiger partial charge is 0.0912 e. The Morgan fingerprint density at radius 1 is 1.15 bits per heavy atom. The summed E-state index contributed by atoms with van der Waals surface area (Å²) in [5, 5.41) is -0.821. The molecule has 0 aromatic heterocycles. The molecule has 0 aliphatic heterocycles. The van der Waals surface area contributed by atoms with E-state index in [-0.39, 0.29) is 5.92 Å². The highest BCUT2D eigenvalue weighted by molar-refractivity contribution is 6.42. The van der Waals surface area contributed by atoms with Gasteiger partial charge in [-0.2, -0.15) is 0 Å². The van der Waals surface area contributed by atoms with E-state index >= 15 is 0 Å². The Kier molecular flexibility index (Phi) is 5.68. The monoisotopic (exact) mass is 260 g/mol. The SMILES string of the molecule is [B]C([B])(C(/C=C\C(=C)c1ccc(C)cc1)=C/C)C(C)C. The first-order valence-electron chi connectivity index (χ1n) is 6.97. The van der Waals surface area contributed by atoms with Gasteiger partial charge in [0, 0.05) is 0 Å². The number of hydrogen-bond acceptors (Lipinski definition) is 0. The van der Waals surface area contributed by atoms with Gasteiger partial charge in [-0.05, 0) is 25.0 Å². The predicted octanol–water partition coefficient (Wildman–Crippen LogP) is 4.62. The van der Waals surface area contributed by atoms with E-state index in [4.69, 9.17) is 15.7 Å². The molecule has 1 aromatic rings. The van der Waals surface area contributed by atoms with Crippen molar-refractivity contribution in [3.8, 4) is 0 Å². The molecule has 0 heterocycles. The Morgan fingerprint density at radius 3 is 2.15 bits per heavy atom. The van der Waals surface area contributed by atoms with Crippen LogP contribution in [0.1, 0.15) is 31.9 Å². The molecule has 0 unspecified atom stereocenters. The van der Waals surface area contributed by atoms with Gasteiger partial charge in [-0.3, -0.25) is 0 Å². The highest BCUT2D eigenvalue weighted by Gasteiger charge is 2.23. The molecule has 0 amide bonds. The summed E-state index contributed by atoms with van der Waals surface area (Å²) in [4.78, 5) is 0. The summed E-state index contributed by atoms with van der Waals surface area (Å²) in [6, 6.07) is 8.29. The van der Waals surface area contributed by atoms with Crippen molar-refractivity contribution in [1.82, 2.24) is 0 Å². The molecule has 0 saturated heterocycles. The topological polar surface area (TPSA) is 0 Å². The van der Waals surface area contributed by atoms with Gasteiger partial charge in [-0.25, -0.2) is 0 Å². The van der Waals surface area contributed by atoms with E-state index < -0.39 is 5.21 Å². The molecule has 2 heteroatoms. The lowest BCUT2D eigenvalue weighted by Crippen LogP contribution is -2.22. The highest BCUT2D eigenvalue weighted by atomic mass is 14.2. The number of rotatable bonds is 5. The molecule has 0 atom stereocenters. The molecule has 0 spiro atoms. The van der Waals surface area contributed by atoms with Crippen molar-refractivity contribution < 1.29 is 0 Å². The minimum absolute atomic E-state index is 0.158. The fourth-order valence-corrected chi connectivity index (χ4v) is 1.88. The van der Waals surface area contributed by atoms with Crippen LogP contribution in [0.4, 0.5) is 0 Å². The van der Waals surface area contributed by atoms with Gasteiger partial charge in [0.2, 0.25) is 0 Å². The van der Waals surface area contributed by atoms with Crippen molar-refractivity contribution in [3.63, 3.8) is 0 Å². The molecular formula is C18H22B2. The molecule has 0 N–H and O–H groups in total. The molecule has 4 radical (unpaired) electrons. The van der Waals surface area contributed by atoms with E-state index in [1.807, 2.05) is 39.0 Å². The van der Waals surface area contributed by atoms with Crippen molar-refractivity contribution in [2.75, 3.05) is 0 Å². The Morgan fingerprint density at radius 2 is 1.70 bits per heavy atom. The summed E-state index contributed by atoms with van der Waals surface area (Å²) in [6.45, 7) is 12.2. The smallest absolute Gasteiger partial charge is 0.0686 e. The molecule has 1 rings (SSSR count). The van der Waals surface area contributed by atoms with Crippen LogP contribution in [0.15, 0.2) is 54.6 Å². The Labute approximate surface area is 126 Å². The highest BCUT2D eigenvalue weighted by Crippen LogP contribution is 2.37. The predicted molar refractivity (Wildman–Crippen MR) is 92.1 cm³/mol. The third-order valence-corrected chi connectivity index (χ3v) is 3.65. The first-order chi connectivity index (χ1) is 9.28. The van der Waals surface area contributed by atoms with Gasteiger partial charge in [0.1, 0.15) is 0 Å². The fourth-order valence-electron chi connectivity index (χ4n) is 1.88. The van der Waals surface area contributed by atoms with Gasteiger partial charge in [-0.15, -0.1) is 0 Å². The zero-order chi connectivity index (χ0) is 15.3. The molecule has 20 heavy (non-hydrogen) atoms. The Balaban J connectivity index is 2.91. The van der Waals surface area contributed by atoms with E-state index in [2.05, 4.69) is 37.8 Å². The third-order valence-electron chi connectivity index (χ3n) is 3.65. The van der Waals surface area contributed by atoms with E-state index in [0.29, 0.717) is 0 Å². The second-order valence-corrected chi connectivity index (χ2v) is 5.56. The Hall–Kier alpha value is -1.43. The molecule has 0 aliphatic rings. The molecule has 0 nitrogen and oxygen atoms in total. The molecule has 0 fully saturated rings. The van der Waals surface area contributed by atoms with Gasteiger partial charge in [0.15, 0.2) is 0 Å². The molecular weight excluding hydrogens is 238 g/mol. The van der Waals surface area contributed by atoms with Gasteiger partial charge >= 0.3 is 0 Å². The van der Waals surface area contributed by atoms with E-state index in [9.17, 15) is 0 Å². The van der Waals surface area contributed by atoms with Crippen molar-refractivity contribution in [3.05, 3.63) is 65.8 Å². The van der Waals surface area contributed by atoms with Gasteiger partial charge in [0.25, 0.3) is 0 Å². The second kappa shape index (κ2) is 6.83. The maximum absolute atomic E-state index is 6.19. The Bertz CT molecular complexity index is 517. The zero-order valence-electron chi connectivity index (χ0n) is 13.0. The van der Waals surface area contributed by atoms with Crippen molar-refractivity contribution in [1.29, 1.82) is 0 Å². The number of hydrogen-bond donors (Lipinski definition) is 0. The van der Waals surface area contributed by atoms with Crippen LogP contribution < -0.4 is 0 Å². The van der Waals surface area contributed by atoms with Crippen LogP contribution in [0.5, 0.6) is 0 Å². The summed E-state index contributed by atoms with van der Waals surface area (Å²) in [5.74, 6) is 0.158. The minimum Gasteiger partial charge on any atom is -0.0912 e. The van der Waals surface area contributed by atoms with E-state index in [1.54, 1.807) is 0 Å². The number of allylic oxidation sites excluding steroid dienone is 5. The zero-order valence-corrected chi connectivity index (χ0v) is 13.0. The normalized spacial score (nSPS) is 13.2. The van der Waals surface area contributed by atoms with Gasteiger partial charge in [-0.1, -0.05) is 85.2 Å². The number of aryl methyl sites for hydroxylation is 1. The van der Waals surface area contributed by atoms with Crippen molar-refractivity contribution in [2.24, 2.45) is 5.92 Å². The molecule has 0 bridgehead atoms. The van der Waals surface area contributed by atoms with Crippen LogP contribution >= 0.6 is 0 Å². The van der Waals surface area contributed by atoms with Crippen molar-refractivity contribution >= 4 is 21.3 Å². The van der Waals surface area contributed by atoms with Crippen LogP contribution in [0, 0.1) is 12.8 Å². The fraction of sp³-hybridized carbons (Fsp3) is 0.333. The van der Waals surface area contributed by atoms with Crippen LogP contribution in [-0.4, -0.2) is 15.7 Å². The second-order valence-electron chi connectivity index (χ2n) is 5.56. The quantitative estimate of drug-likeness (QED) is 0.535. The standard InChI is InChI=1S/C18H22B2/c1-6-17(18(19,20)13(2)3)12-9-15(5)16-10-7-14(4)8-11-16/h6-13H,5H2,1-4H3/b12-9-,17-6+. The van der Waals surface area contributed by atoms with Gasteiger partial charge < -0.3 is 0 Å². The lowest BCUT2D eigenvalue weighted by Gasteiger charge is -2.32. The summed E-state index contributed by atoms with van der Waals surface area (Å²) in [5.41, 5.74) is 4.21. The number of benzene rings is 1. The average Bonchev–Trinajstić information content (AvgIpc) is 2.39. The van der Waals surface area contributed by atoms with Crippen LogP contribution in [0.3, 0.4) is 0 Å². The van der Waals surface area contributed by atoms with E-state index in [0.717, 1.165) is 16.7 Å². The summed E-state index contributed by atoms with van der Waals surface area (Å²) >= 11 is 0. The van der Waals surface area contributed by atoms with Crippen LogP contribution in [-0.2, 0) is 0 Å². The van der Waals surface area contributed by atoms with Crippen molar-refractivity contribution in [2.45, 2.75) is 32.9 Å². The lowest BCUT2D eigenvalue weighted by atomic mass is 9.45. The molecule has 0 saturated carbocycles. The third kappa shape index (κ3) is 4.03. The minimum atomic E-state index is -0.821. The molecule has 0 aliphatic carbocycles. The maximum Gasteiger partial charge on any atom is 0.0686 e. The molecule has 1 aromatic carbocycles. The van der Waals surface area contributed by atoms with E-state index in [1.165, 1.54) is 5.56 Å². The average molecular weight is 260 g/mol. The van der Waals surface area contributed by atoms with Crippen LogP contribution in [0.25, 0.3) is 5.57 Å². The first kappa shape index (κ1) is 16.6. The summed E-state index contributed by atoms with van der Waals surface area (Å²) < 4.78 is 0. The first-order valence-corrected chi connectivity index (χ1v) is 6.97. The maximum atomic E-state index is 6.19. The summed E-state index contributed by atoms with van der Waals surface area (Å²) in [7, 11) is 12.4. The lowest BCUT2D eigenvalue weighted by molar-refractivity contribution is 0.601. The molecule has 100 valence electrons. The van der Waals surface area contributed by atoms with Crippen LogP contribution in [0.2, 0.25) is 5.21 Å².